The minimum atomic E-state index is -0.962. The lowest BCUT2D eigenvalue weighted by Crippen LogP contribution is -2.27. The molecule has 3 N–H and O–H groups in total. The number of fused-ring (bicyclic) bond motifs is 1. The molecule has 0 unspecified atom stereocenters. The molecule has 45 heavy (non-hydrogen) atoms. The first-order valence-electron chi connectivity index (χ1n) is 16.6. The Hall–Kier alpha value is -3.89. The maximum absolute atomic E-state index is 13.6. The normalized spacial score (nSPS) is 11.1. The Morgan fingerprint density at radius 2 is 1.56 bits per heavy atom. The molecule has 0 amide bonds. The van der Waals surface area contributed by atoms with Gasteiger partial charge in [-0.1, -0.05) is 76.4 Å². The fourth-order valence-electron chi connectivity index (χ4n) is 5.24. The number of tetrazole rings is 1. The minimum Gasteiger partial charge on any atom is -0.478 e. The molecule has 0 aliphatic carbocycles. The van der Waals surface area contributed by atoms with Crippen molar-refractivity contribution in [2.75, 3.05) is 26.2 Å². The van der Waals surface area contributed by atoms with Crippen LogP contribution in [0, 0.1) is 0 Å². The van der Waals surface area contributed by atoms with E-state index in [4.69, 9.17) is 0 Å². The zero-order valence-electron chi connectivity index (χ0n) is 27.5. The van der Waals surface area contributed by atoms with Crippen molar-refractivity contribution < 1.29 is 14.7 Å². The molecule has 10 nitrogen and oxygen atoms in total. The van der Waals surface area contributed by atoms with Crippen LogP contribution in [0.15, 0.2) is 48.7 Å². The average molecular weight is 618 g/mol. The van der Waals surface area contributed by atoms with Gasteiger partial charge in [-0.05, 0) is 94.0 Å². The first kappa shape index (κ1) is 35.6. The highest BCUT2D eigenvalue weighted by atomic mass is 16.4. The number of unbranched alkanes of at least 4 members (excludes halogenated alkanes) is 3. The topological polar surface area (TPSA) is 129 Å². The van der Waals surface area contributed by atoms with E-state index in [0.29, 0.717) is 23.6 Å². The third-order valence-electron chi connectivity index (χ3n) is 7.85. The number of aromatic amines is 1. The number of nitrogens with one attached hydrogen (secondary N) is 2. The van der Waals surface area contributed by atoms with Crippen LogP contribution in [0.3, 0.4) is 0 Å². The van der Waals surface area contributed by atoms with Gasteiger partial charge in [-0.25, -0.2) is 4.79 Å². The lowest BCUT2D eigenvalue weighted by Gasteiger charge is -2.21. The molecule has 3 aromatic heterocycles. The van der Waals surface area contributed by atoms with Crippen LogP contribution < -0.4 is 5.32 Å². The van der Waals surface area contributed by atoms with E-state index >= 15 is 0 Å². The Bertz CT molecular complexity index is 1420. The van der Waals surface area contributed by atoms with Crippen LogP contribution >= 0.6 is 0 Å². The molecule has 4 rings (SSSR count). The molecule has 0 radical (unpaired) electrons. The third-order valence-corrected chi connectivity index (χ3v) is 7.85. The van der Waals surface area contributed by atoms with E-state index in [1.165, 1.54) is 44.3 Å². The molecule has 0 saturated heterocycles. The van der Waals surface area contributed by atoms with Gasteiger partial charge in [0, 0.05) is 17.3 Å². The van der Waals surface area contributed by atoms with Crippen molar-refractivity contribution in [3.8, 4) is 0 Å². The molecule has 0 spiro atoms. The highest BCUT2D eigenvalue weighted by Gasteiger charge is 2.20. The summed E-state index contributed by atoms with van der Waals surface area (Å²) >= 11 is 0. The second-order valence-electron chi connectivity index (χ2n) is 11.4. The molecular weight excluding hydrogens is 566 g/mol. The lowest BCUT2D eigenvalue weighted by atomic mass is 10.00. The van der Waals surface area contributed by atoms with E-state index in [-0.39, 0.29) is 11.3 Å². The van der Waals surface area contributed by atoms with Gasteiger partial charge >= 0.3 is 5.97 Å². The summed E-state index contributed by atoms with van der Waals surface area (Å²) in [4.78, 5) is 27.6. The van der Waals surface area contributed by atoms with E-state index in [1.54, 1.807) is 18.3 Å². The highest BCUT2D eigenvalue weighted by molar-refractivity contribution is 6.09. The summed E-state index contributed by atoms with van der Waals surface area (Å²) in [6, 6.07) is 13.2. The van der Waals surface area contributed by atoms with Crippen LogP contribution in [0.5, 0.6) is 0 Å². The van der Waals surface area contributed by atoms with Crippen LogP contribution in [0.25, 0.3) is 5.52 Å². The lowest BCUT2D eigenvalue weighted by molar-refractivity contribution is 0.0696. The van der Waals surface area contributed by atoms with Crippen LogP contribution in [-0.4, -0.2) is 73.0 Å². The Balaban J connectivity index is 0.000000525. The van der Waals surface area contributed by atoms with Crippen molar-refractivity contribution in [3.05, 3.63) is 82.4 Å². The molecule has 0 saturated carbocycles. The van der Waals surface area contributed by atoms with Crippen molar-refractivity contribution in [1.82, 2.24) is 35.2 Å². The Kier molecular flexibility index (Phi) is 15.4. The van der Waals surface area contributed by atoms with Gasteiger partial charge < -0.3 is 19.7 Å². The summed E-state index contributed by atoms with van der Waals surface area (Å²) < 4.78 is 1.84. The number of carbonyl (C=O) groups excluding carboxylic acids is 1. The molecule has 0 aliphatic rings. The largest absolute Gasteiger partial charge is 0.478 e. The number of hydrogen-bond acceptors (Lipinski definition) is 7. The summed E-state index contributed by atoms with van der Waals surface area (Å²) in [7, 11) is 0. The quantitative estimate of drug-likeness (QED) is 0.104. The highest BCUT2D eigenvalue weighted by Crippen LogP contribution is 2.24. The first-order chi connectivity index (χ1) is 21.9. The molecule has 3 heterocycles. The number of carbonyl (C=O) groups is 2. The van der Waals surface area contributed by atoms with Crippen LogP contribution in [0.2, 0.25) is 0 Å². The van der Waals surface area contributed by atoms with Crippen LogP contribution in [0.1, 0.15) is 116 Å². The number of carboxylic acid groups (broad SMARTS) is 1. The molecule has 0 bridgehead atoms. The second kappa shape index (κ2) is 19.5. The number of carboxylic acids is 1. The van der Waals surface area contributed by atoms with Gasteiger partial charge in [-0.15, -0.1) is 10.2 Å². The van der Waals surface area contributed by atoms with Crippen molar-refractivity contribution in [1.29, 1.82) is 0 Å². The fraction of sp³-hybridized carbons (Fsp3) is 0.514. The number of aryl methyl sites for hydroxylation is 2. The number of rotatable bonds is 19. The predicted octanol–water partition coefficient (Wildman–Crippen LogP) is 6.36. The van der Waals surface area contributed by atoms with E-state index in [1.807, 2.05) is 29.5 Å². The SMILES string of the molecule is CCCCc1cc2cc(C(=O)O)ccn2c1C(=O)c1ccc(CCCN(CCCC)CCCC)cc1.CCNCc1nn[nH]n1. The van der Waals surface area contributed by atoms with Crippen molar-refractivity contribution in [2.24, 2.45) is 0 Å². The molecular formula is C35H51N7O3. The zero-order chi connectivity index (χ0) is 32.4. The monoisotopic (exact) mass is 617 g/mol. The Labute approximate surface area is 267 Å². The molecule has 0 fully saturated rings. The number of hydrogen-bond donors (Lipinski definition) is 3. The molecule has 4 aromatic rings. The molecule has 0 aliphatic heterocycles. The van der Waals surface area contributed by atoms with Gasteiger partial charge in [0.2, 0.25) is 5.78 Å². The van der Waals surface area contributed by atoms with E-state index in [2.05, 4.69) is 63.7 Å². The molecule has 0 atom stereocenters. The Morgan fingerprint density at radius 3 is 2.16 bits per heavy atom. The summed E-state index contributed by atoms with van der Waals surface area (Å²) in [6.07, 6.45) is 11.6. The van der Waals surface area contributed by atoms with Crippen molar-refractivity contribution >= 4 is 17.3 Å². The van der Waals surface area contributed by atoms with Gasteiger partial charge in [0.05, 0.1) is 17.8 Å². The number of pyridine rings is 1. The number of aromatic nitrogens is 5. The van der Waals surface area contributed by atoms with Gasteiger partial charge in [0.15, 0.2) is 5.82 Å². The smallest absolute Gasteiger partial charge is 0.335 e. The summed E-state index contributed by atoms with van der Waals surface area (Å²) in [5, 5.41) is 25.7. The van der Waals surface area contributed by atoms with Crippen LogP contribution in [0.4, 0.5) is 0 Å². The number of aromatic carboxylic acids is 1. The summed E-state index contributed by atoms with van der Waals surface area (Å²) in [5.74, 6) is -0.269. The van der Waals surface area contributed by atoms with Crippen LogP contribution in [-0.2, 0) is 19.4 Å². The predicted molar refractivity (Wildman–Crippen MR) is 179 cm³/mol. The van der Waals surface area contributed by atoms with Crippen molar-refractivity contribution in [3.63, 3.8) is 0 Å². The fourth-order valence-corrected chi connectivity index (χ4v) is 5.24. The van der Waals surface area contributed by atoms with E-state index < -0.39 is 5.97 Å². The second-order valence-corrected chi connectivity index (χ2v) is 11.4. The summed E-state index contributed by atoms with van der Waals surface area (Å²) in [6.45, 7) is 13.8. The molecule has 244 valence electrons. The standard InChI is InChI=1S/C31H42N2O3.C4H9N5/c1-4-7-12-26-22-28-23-27(31(35)36)17-21-33(28)29(26)30(34)25-15-13-24(14-16-25)11-10-20-32(18-8-5-2)19-9-6-3;1-2-5-3-4-6-8-9-7-4/h13-17,21-23H,4-12,18-20H2,1-3H3,(H,35,36);5H,2-3H2,1H3,(H,6,7,8,9). The summed E-state index contributed by atoms with van der Waals surface area (Å²) in [5.41, 5.74) is 4.53. The maximum Gasteiger partial charge on any atom is 0.335 e. The first-order valence-corrected chi connectivity index (χ1v) is 16.6. The van der Waals surface area contributed by atoms with E-state index in [0.717, 1.165) is 56.3 Å². The Morgan fingerprint density at radius 1 is 0.867 bits per heavy atom. The van der Waals surface area contributed by atoms with Gasteiger partial charge in [0.1, 0.15) is 0 Å². The van der Waals surface area contributed by atoms with Gasteiger partial charge in [-0.3, -0.25) is 4.79 Å². The molecule has 10 heteroatoms. The van der Waals surface area contributed by atoms with Gasteiger partial charge in [0.25, 0.3) is 0 Å². The number of H-pyrrole nitrogens is 1. The maximum atomic E-state index is 13.6. The number of ketones is 1. The number of nitrogens with zero attached hydrogens (tertiary/aromatic N) is 5. The van der Waals surface area contributed by atoms with Crippen molar-refractivity contribution in [2.45, 2.75) is 92.0 Å². The average Bonchev–Trinajstić information content (AvgIpc) is 3.71. The molecule has 1 aromatic carbocycles. The van der Waals surface area contributed by atoms with E-state index in [9.17, 15) is 14.7 Å². The zero-order valence-corrected chi connectivity index (χ0v) is 27.5. The third kappa shape index (κ3) is 11.2. The number of benzene rings is 1. The minimum absolute atomic E-state index is 0.0129. The van der Waals surface area contributed by atoms with Gasteiger partial charge in [-0.2, -0.15) is 5.21 Å².